The summed E-state index contributed by atoms with van der Waals surface area (Å²) in [7, 11) is 0. The maximum Gasteiger partial charge on any atom is 0.418 e. The number of alkyl halides is 3. The van der Waals surface area contributed by atoms with Crippen molar-refractivity contribution in [3.63, 3.8) is 0 Å². The molecule has 18 heavy (non-hydrogen) atoms. The van der Waals surface area contributed by atoms with Gasteiger partial charge in [0.2, 0.25) is 0 Å². The third-order valence-corrected chi connectivity index (χ3v) is 2.97. The molecule has 102 valence electrons. The maximum absolute atomic E-state index is 12.8. The van der Waals surface area contributed by atoms with Crippen molar-refractivity contribution in [3.05, 3.63) is 28.2 Å². The first-order chi connectivity index (χ1) is 8.15. The van der Waals surface area contributed by atoms with E-state index in [0.717, 1.165) is 6.07 Å². The fourth-order valence-corrected chi connectivity index (χ4v) is 1.66. The molecule has 0 aliphatic carbocycles. The summed E-state index contributed by atoms with van der Waals surface area (Å²) in [6.07, 6.45) is -4.40. The standard InChI is InChI=1S/C12H15BrF3NO/c1-11(2,7-18)6-17-10-5-8(13)3-4-9(10)12(14,15)16/h3-5,17-18H,6-7H2,1-2H3. The average Bonchev–Trinajstić information content (AvgIpc) is 2.25. The van der Waals surface area contributed by atoms with Crippen LogP contribution in [0.5, 0.6) is 0 Å². The molecule has 1 aromatic rings. The van der Waals surface area contributed by atoms with E-state index in [-0.39, 0.29) is 18.8 Å². The zero-order chi connectivity index (χ0) is 14.0. The number of aliphatic hydroxyl groups is 1. The Morgan fingerprint density at radius 2 is 1.89 bits per heavy atom. The van der Waals surface area contributed by atoms with Gasteiger partial charge in [0.1, 0.15) is 0 Å². The quantitative estimate of drug-likeness (QED) is 0.880. The molecule has 0 aromatic heterocycles. The Labute approximate surface area is 112 Å². The molecular formula is C12H15BrF3NO. The Morgan fingerprint density at radius 3 is 2.39 bits per heavy atom. The van der Waals surface area contributed by atoms with Crippen LogP contribution in [0.2, 0.25) is 0 Å². The Morgan fingerprint density at radius 1 is 1.28 bits per heavy atom. The zero-order valence-electron chi connectivity index (χ0n) is 10.1. The van der Waals surface area contributed by atoms with E-state index in [1.54, 1.807) is 13.8 Å². The summed E-state index contributed by atoms with van der Waals surface area (Å²) >= 11 is 3.14. The van der Waals surface area contributed by atoms with Crippen LogP contribution in [0, 0.1) is 5.41 Å². The van der Waals surface area contributed by atoms with Gasteiger partial charge in [-0.25, -0.2) is 0 Å². The molecule has 0 atom stereocenters. The van der Waals surface area contributed by atoms with Crippen LogP contribution in [0.3, 0.4) is 0 Å². The molecule has 0 saturated heterocycles. The number of rotatable bonds is 4. The number of aliphatic hydroxyl groups excluding tert-OH is 1. The molecule has 0 spiro atoms. The second kappa shape index (κ2) is 5.48. The first-order valence-electron chi connectivity index (χ1n) is 5.37. The van der Waals surface area contributed by atoms with Gasteiger partial charge in [-0.15, -0.1) is 0 Å². The third-order valence-electron chi connectivity index (χ3n) is 2.47. The molecule has 0 heterocycles. The van der Waals surface area contributed by atoms with Crippen LogP contribution in [-0.4, -0.2) is 18.3 Å². The second-order valence-electron chi connectivity index (χ2n) is 4.86. The summed E-state index contributed by atoms with van der Waals surface area (Å²) < 4.78 is 38.9. The summed E-state index contributed by atoms with van der Waals surface area (Å²) in [5.74, 6) is 0. The fraction of sp³-hybridized carbons (Fsp3) is 0.500. The second-order valence-corrected chi connectivity index (χ2v) is 5.78. The lowest BCUT2D eigenvalue weighted by molar-refractivity contribution is -0.137. The van der Waals surface area contributed by atoms with Crippen LogP contribution in [0.4, 0.5) is 18.9 Å². The molecule has 0 fully saturated rings. The SMILES string of the molecule is CC(C)(CO)CNc1cc(Br)ccc1C(F)(F)F. The smallest absolute Gasteiger partial charge is 0.396 e. The Balaban J connectivity index is 2.97. The van der Waals surface area contributed by atoms with Crippen molar-refractivity contribution in [1.82, 2.24) is 0 Å². The number of hydrogen-bond acceptors (Lipinski definition) is 2. The van der Waals surface area contributed by atoms with Gasteiger partial charge in [-0.2, -0.15) is 13.2 Å². The van der Waals surface area contributed by atoms with E-state index in [9.17, 15) is 13.2 Å². The first kappa shape index (κ1) is 15.3. The van der Waals surface area contributed by atoms with E-state index >= 15 is 0 Å². The van der Waals surface area contributed by atoms with Crippen molar-refractivity contribution >= 4 is 21.6 Å². The molecule has 0 unspecified atom stereocenters. The topological polar surface area (TPSA) is 32.3 Å². The minimum absolute atomic E-state index is 0.0124. The first-order valence-corrected chi connectivity index (χ1v) is 6.16. The highest BCUT2D eigenvalue weighted by Crippen LogP contribution is 2.36. The number of halogens is 4. The van der Waals surface area contributed by atoms with E-state index < -0.39 is 17.2 Å². The van der Waals surface area contributed by atoms with Crippen LogP contribution < -0.4 is 5.32 Å². The van der Waals surface area contributed by atoms with Crippen LogP contribution in [0.15, 0.2) is 22.7 Å². The molecule has 2 nitrogen and oxygen atoms in total. The van der Waals surface area contributed by atoms with Gasteiger partial charge in [-0.1, -0.05) is 29.8 Å². The molecule has 0 bridgehead atoms. The lowest BCUT2D eigenvalue weighted by atomic mass is 9.95. The molecular weight excluding hydrogens is 311 g/mol. The third kappa shape index (κ3) is 4.17. The number of hydrogen-bond donors (Lipinski definition) is 2. The van der Waals surface area contributed by atoms with Crippen LogP contribution in [-0.2, 0) is 6.18 Å². The molecule has 2 N–H and O–H groups in total. The normalized spacial score (nSPS) is 12.6. The highest BCUT2D eigenvalue weighted by molar-refractivity contribution is 9.10. The zero-order valence-corrected chi connectivity index (χ0v) is 11.7. The molecule has 0 radical (unpaired) electrons. The van der Waals surface area contributed by atoms with E-state index in [1.165, 1.54) is 12.1 Å². The Kier molecular flexibility index (Phi) is 4.66. The average molecular weight is 326 g/mol. The van der Waals surface area contributed by atoms with Gasteiger partial charge in [0, 0.05) is 28.7 Å². The summed E-state index contributed by atoms with van der Waals surface area (Å²) in [4.78, 5) is 0. The summed E-state index contributed by atoms with van der Waals surface area (Å²) in [5.41, 5.74) is -1.18. The van der Waals surface area contributed by atoms with Gasteiger partial charge in [-0.3, -0.25) is 0 Å². The fourth-order valence-electron chi connectivity index (χ4n) is 1.30. The van der Waals surface area contributed by atoms with Gasteiger partial charge < -0.3 is 10.4 Å². The van der Waals surface area contributed by atoms with Crippen molar-refractivity contribution in [2.75, 3.05) is 18.5 Å². The van der Waals surface area contributed by atoms with Gasteiger partial charge in [0.25, 0.3) is 0 Å². The van der Waals surface area contributed by atoms with E-state index in [0.29, 0.717) is 4.47 Å². The molecule has 0 saturated carbocycles. The van der Waals surface area contributed by atoms with Gasteiger partial charge in [0.05, 0.1) is 5.56 Å². The predicted molar refractivity (Wildman–Crippen MR) is 68.5 cm³/mol. The molecule has 1 rings (SSSR count). The Bertz CT molecular complexity index is 418. The summed E-state index contributed by atoms with van der Waals surface area (Å²) in [6.45, 7) is 3.69. The van der Waals surface area contributed by atoms with Crippen molar-refractivity contribution in [2.24, 2.45) is 5.41 Å². The highest BCUT2D eigenvalue weighted by Gasteiger charge is 2.33. The minimum Gasteiger partial charge on any atom is -0.396 e. The molecule has 0 aliphatic rings. The molecule has 6 heteroatoms. The monoisotopic (exact) mass is 325 g/mol. The van der Waals surface area contributed by atoms with Crippen LogP contribution in [0.25, 0.3) is 0 Å². The van der Waals surface area contributed by atoms with Crippen molar-refractivity contribution in [2.45, 2.75) is 20.0 Å². The van der Waals surface area contributed by atoms with E-state index in [4.69, 9.17) is 5.11 Å². The molecule has 0 amide bonds. The van der Waals surface area contributed by atoms with Gasteiger partial charge in [-0.05, 0) is 18.2 Å². The van der Waals surface area contributed by atoms with Crippen molar-refractivity contribution < 1.29 is 18.3 Å². The minimum atomic E-state index is -4.40. The molecule has 0 aliphatic heterocycles. The van der Waals surface area contributed by atoms with Crippen molar-refractivity contribution in [3.8, 4) is 0 Å². The molecule has 1 aromatic carbocycles. The van der Waals surface area contributed by atoms with Crippen molar-refractivity contribution in [1.29, 1.82) is 0 Å². The summed E-state index contributed by atoms with van der Waals surface area (Å²) in [6, 6.07) is 3.76. The van der Waals surface area contributed by atoms with Gasteiger partial charge in [0.15, 0.2) is 0 Å². The predicted octanol–water partition coefficient (Wildman–Crippen LogP) is 3.90. The maximum atomic E-state index is 12.8. The number of benzene rings is 1. The lowest BCUT2D eigenvalue weighted by Gasteiger charge is -2.24. The van der Waals surface area contributed by atoms with E-state index in [2.05, 4.69) is 21.2 Å². The van der Waals surface area contributed by atoms with Crippen LogP contribution >= 0.6 is 15.9 Å². The van der Waals surface area contributed by atoms with E-state index in [1.807, 2.05) is 0 Å². The number of nitrogens with one attached hydrogen (secondary N) is 1. The van der Waals surface area contributed by atoms with Crippen LogP contribution in [0.1, 0.15) is 19.4 Å². The Hall–Kier alpha value is -0.750. The van der Waals surface area contributed by atoms with Gasteiger partial charge >= 0.3 is 6.18 Å². The summed E-state index contributed by atoms with van der Waals surface area (Å²) in [5, 5.41) is 11.8. The lowest BCUT2D eigenvalue weighted by Crippen LogP contribution is -2.27. The highest BCUT2D eigenvalue weighted by atomic mass is 79.9. The largest absolute Gasteiger partial charge is 0.418 e. The number of anilines is 1.